The summed E-state index contributed by atoms with van der Waals surface area (Å²) in [6, 6.07) is 10.8. The molecule has 0 aliphatic carbocycles. The van der Waals surface area contributed by atoms with Gasteiger partial charge in [-0.1, -0.05) is 39.0 Å². The predicted molar refractivity (Wildman–Crippen MR) is 89.0 cm³/mol. The van der Waals surface area contributed by atoms with Gasteiger partial charge in [-0.05, 0) is 28.6 Å². The highest BCUT2D eigenvalue weighted by Crippen LogP contribution is 2.41. The molecule has 3 rings (SSSR count). The number of allylic oxidation sites excluding steroid dienone is 1. The SMILES string of the molecule is CN1B([n+]2cccn2C)C=C(C(C)(C)C)c2ccccc21. The Balaban J connectivity index is 2.20. The summed E-state index contributed by atoms with van der Waals surface area (Å²) in [4.78, 5) is 2.34. The first-order valence-corrected chi connectivity index (χ1v) is 7.47. The molecule has 0 spiro atoms. The van der Waals surface area contributed by atoms with E-state index in [1.54, 1.807) is 0 Å². The molecule has 0 radical (unpaired) electrons. The van der Waals surface area contributed by atoms with Gasteiger partial charge in [-0.25, -0.2) is 0 Å². The number of anilines is 1. The van der Waals surface area contributed by atoms with Crippen molar-refractivity contribution in [2.24, 2.45) is 12.5 Å². The Morgan fingerprint density at radius 2 is 1.76 bits per heavy atom. The van der Waals surface area contributed by atoms with E-state index in [1.165, 1.54) is 16.8 Å². The van der Waals surface area contributed by atoms with Gasteiger partial charge in [0, 0.05) is 18.8 Å². The van der Waals surface area contributed by atoms with Crippen LogP contribution in [0.3, 0.4) is 0 Å². The second-order valence-electron chi connectivity index (χ2n) is 6.82. The highest BCUT2D eigenvalue weighted by Gasteiger charge is 2.42. The van der Waals surface area contributed by atoms with Gasteiger partial charge in [-0.15, -0.1) is 0 Å². The average molecular weight is 280 g/mol. The van der Waals surface area contributed by atoms with Crippen molar-refractivity contribution in [3.63, 3.8) is 0 Å². The van der Waals surface area contributed by atoms with Crippen molar-refractivity contribution in [1.29, 1.82) is 0 Å². The number of nitrogens with zero attached hydrogens (tertiary/aromatic N) is 3. The Hall–Kier alpha value is -1.97. The van der Waals surface area contributed by atoms with E-state index in [0.717, 1.165) is 0 Å². The maximum Gasteiger partial charge on any atom is 0.668 e. The van der Waals surface area contributed by atoms with E-state index < -0.39 is 0 Å². The Morgan fingerprint density at radius 1 is 1.05 bits per heavy atom. The predicted octanol–water partition coefficient (Wildman–Crippen LogP) is 2.77. The van der Waals surface area contributed by atoms with Crippen LogP contribution < -0.4 is 9.40 Å². The van der Waals surface area contributed by atoms with Gasteiger partial charge in [-0.3, -0.25) is 0 Å². The van der Waals surface area contributed by atoms with Crippen LogP contribution in [-0.4, -0.2) is 18.7 Å². The van der Waals surface area contributed by atoms with E-state index >= 15 is 0 Å². The third-order valence-electron chi connectivity index (χ3n) is 4.27. The molecular formula is C17H23BN3+. The Morgan fingerprint density at radius 3 is 2.38 bits per heavy atom. The number of aromatic nitrogens is 2. The van der Waals surface area contributed by atoms with Crippen LogP contribution in [0.15, 0.2) is 48.7 Å². The average Bonchev–Trinajstić information content (AvgIpc) is 2.84. The van der Waals surface area contributed by atoms with E-state index in [4.69, 9.17) is 0 Å². The van der Waals surface area contributed by atoms with Crippen LogP contribution >= 0.6 is 0 Å². The van der Waals surface area contributed by atoms with Crippen LogP contribution in [0, 0.1) is 5.41 Å². The summed E-state index contributed by atoms with van der Waals surface area (Å²) < 4.78 is 4.38. The molecule has 0 saturated heterocycles. The molecule has 1 aliphatic rings. The third-order valence-corrected chi connectivity index (χ3v) is 4.27. The summed E-state index contributed by atoms with van der Waals surface area (Å²) in [5, 5.41) is 0. The van der Waals surface area contributed by atoms with Crippen LogP contribution in [-0.2, 0) is 7.05 Å². The normalized spacial score (nSPS) is 15.0. The fourth-order valence-corrected chi connectivity index (χ4v) is 3.12. The van der Waals surface area contributed by atoms with Gasteiger partial charge in [0.15, 0.2) is 6.20 Å². The smallest absolute Gasteiger partial charge is 0.348 e. The number of aryl methyl sites for hydroxylation is 1. The summed E-state index contributed by atoms with van der Waals surface area (Å²) in [5.74, 6) is 2.39. The molecule has 2 aromatic rings. The van der Waals surface area contributed by atoms with Gasteiger partial charge in [0.05, 0.1) is 13.2 Å². The topological polar surface area (TPSA) is 12.1 Å². The molecule has 0 amide bonds. The maximum absolute atomic E-state index is 2.39. The van der Waals surface area contributed by atoms with Gasteiger partial charge < -0.3 is 4.81 Å². The molecule has 1 aromatic heterocycles. The number of fused-ring (bicyclic) bond motifs is 1. The van der Waals surface area contributed by atoms with Crippen LogP contribution in [0.25, 0.3) is 5.57 Å². The van der Waals surface area contributed by atoms with Gasteiger partial charge in [0.1, 0.15) is 0 Å². The number of benzene rings is 1. The monoisotopic (exact) mass is 280 g/mol. The lowest BCUT2D eigenvalue weighted by Crippen LogP contribution is -2.65. The molecule has 1 aromatic carbocycles. The zero-order chi connectivity index (χ0) is 15.2. The minimum atomic E-state index is 0.126. The lowest BCUT2D eigenvalue weighted by atomic mass is 9.64. The highest BCUT2D eigenvalue weighted by molar-refractivity contribution is 6.62. The van der Waals surface area contributed by atoms with Gasteiger partial charge >= 0.3 is 6.98 Å². The van der Waals surface area contributed by atoms with Crippen molar-refractivity contribution in [3.05, 3.63) is 54.3 Å². The van der Waals surface area contributed by atoms with E-state index in [2.05, 4.69) is 97.7 Å². The fourth-order valence-electron chi connectivity index (χ4n) is 3.12. The van der Waals surface area contributed by atoms with Gasteiger partial charge in [-0.2, -0.15) is 9.27 Å². The minimum absolute atomic E-state index is 0.126. The molecule has 0 N–H and O–H groups in total. The maximum atomic E-state index is 2.39. The van der Waals surface area contributed by atoms with E-state index in [0.29, 0.717) is 0 Å². The Bertz CT molecular complexity index is 694. The molecule has 108 valence electrons. The molecule has 21 heavy (non-hydrogen) atoms. The van der Waals surface area contributed by atoms with E-state index in [9.17, 15) is 0 Å². The summed E-state index contributed by atoms with van der Waals surface area (Å²) >= 11 is 0. The first kappa shape index (κ1) is 14.0. The zero-order valence-corrected chi connectivity index (χ0v) is 13.5. The molecule has 4 heteroatoms. The number of rotatable bonds is 1. The van der Waals surface area contributed by atoms with Crippen LogP contribution in [0.1, 0.15) is 26.3 Å². The van der Waals surface area contributed by atoms with Crippen molar-refractivity contribution >= 4 is 18.2 Å². The molecule has 1 aliphatic heterocycles. The first-order valence-electron chi connectivity index (χ1n) is 7.47. The molecule has 0 atom stereocenters. The molecule has 0 saturated carbocycles. The second kappa shape index (κ2) is 4.80. The zero-order valence-electron chi connectivity index (χ0n) is 13.5. The molecule has 0 unspecified atom stereocenters. The number of hydrogen-bond donors (Lipinski definition) is 0. The van der Waals surface area contributed by atoms with Crippen molar-refractivity contribution in [1.82, 2.24) is 4.68 Å². The molecule has 2 heterocycles. The first-order chi connectivity index (χ1) is 9.89. The molecular weight excluding hydrogens is 257 g/mol. The molecule has 3 nitrogen and oxygen atoms in total. The van der Waals surface area contributed by atoms with Crippen molar-refractivity contribution in [2.45, 2.75) is 20.8 Å². The van der Waals surface area contributed by atoms with Crippen LogP contribution in [0.4, 0.5) is 5.69 Å². The Kier molecular flexibility index (Phi) is 3.20. The fraction of sp³-hybridized carbons (Fsp3) is 0.353. The lowest BCUT2D eigenvalue weighted by molar-refractivity contribution is -0.628. The van der Waals surface area contributed by atoms with Crippen LogP contribution in [0.2, 0.25) is 0 Å². The highest BCUT2D eigenvalue weighted by atomic mass is 15.4. The molecule has 0 fully saturated rings. The van der Waals surface area contributed by atoms with Crippen molar-refractivity contribution in [3.8, 4) is 0 Å². The molecule has 0 bridgehead atoms. The minimum Gasteiger partial charge on any atom is -0.348 e. The summed E-state index contributed by atoms with van der Waals surface area (Å²) in [6.45, 7) is 7.06. The van der Waals surface area contributed by atoms with Crippen molar-refractivity contribution in [2.75, 3.05) is 11.9 Å². The summed E-state index contributed by atoms with van der Waals surface area (Å²) in [7, 11) is 4.25. The standard InChI is InChI=1S/C17H23BN3/c1-17(2,3)15-13-18(21-12-8-11-19(21)4)20(5)16-10-7-6-9-14(15)16/h6-13H,1-5H3/q+1. The quantitative estimate of drug-likeness (QED) is 0.731. The van der Waals surface area contributed by atoms with E-state index in [1.807, 2.05) is 0 Å². The second-order valence-corrected chi connectivity index (χ2v) is 6.82. The van der Waals surface area contributed by atoms with Crippen LogP contribution in [0.5, 0.6) is 0 Å². The van der Waals surface area contributed by atoms with Gasteiger partial charge in [0.2, 0.25) is 0 Å². The third kappa shape index (κ3) is 2.29. The van der Waals surface area contributed by atoms with Crippen molar-refractivity contribution < 1.29 is 4.59 Å². The summed E-state index contributed by atoms with van der Waals surface area (Å²) in [6.07, 6.45) is 4.21. The Labute approximate surface area is 127 Å². The number of hydrogen-bond acceptors (Lipinski definition) is 1. The lowest BCUT2D eigenvalue weighted by Gasteiger charge is -2.33. The number of para-hydroxylation sites is 1. The summed E-state index contributed by atoms with van der Waals surface area (Å²) in [5.41, 5.74) is 4.18. The largest absolute Gasteiger partial charge is 0.668 e. The van der Waals surface area contributed by atoms with Gasteiger partial charge in [0.25, 0.3) is 0 Å². The van der Waals surface area contributed by atoms with E-state index in [-0.39, 0.29) is 12.4 Å².